The van der Waals surface area contributed by atoms with E-state index in [1.54, 1.807) is 24.3 Å². The number of hydrogen-bond donors (Lipinski definition) is 2. The highest BCUT2D eigenvalue weighted by Crippen LogP contribution is 2.32. The number of carbonyl (C=O) groups excluding carboxylic acids is 1. The largest absolute Gasteiger partial charge is 0.491 e. The quantitative estimate of drug-likeness (QED) is 0.772. The lowest BCUT2D eigenvalue weighted by Crippen LogP contribution is -2.21. The van der Waals surface area contributed by atoms with Gasteiger partial charge in [-0.1, -0.05) is 12.1 Å². The second-order valence-corrected chi connectivity index (χ2v) is 6.22. The maximum Gasteiger partial charge on any atom is 0.416 e. The van der Waals surface area contributed by atoms with E-state index in [1.165, 1.54) is 6.07 Å². The molecule has 0 aromatic heterocycles. The third kappa shape index (κ3) is 5.97. The highest BCUT2D eigenvalue weighted by Gasteiger charge is 2.31. The van der Waals surface area contributed by atoms with Crippen molar-refractivity contribution in [1.82, 2.24) is 4.90 Å². The molecular formula is C19H22F3N3O2. The summed E-state index contributed by atoms with van der Waals surface area (Å²) in [5, 5.41) is 2.50. The number of hydrogen-bond acceptors (Lipinski definition) is 4. The summed E-state index contributed by atoms with van der Waals surface area (Å²) in [6.45, 7) is 0.957. The number of nitrogens with one attached hydrogen (secondary N) is 1. The molecule has 2 aromatic carbocycles. The standard InChI is InChI=1S/C19H22F3N3O2/c1-25(2)7-8-27-17-6-4-3-5-16(17)18(26)24-15-10-13(12-23)9-14(11-15)19(20,21)22/h3-6,9-11H,7-8,12,23H2,1-2H3,(H,24,26). The monoisotopic (exact) mass is 381 g/mol. The lowest BCUT2D eigenvalue weighted by Gasteiger charge is -2.15. The number of nitrogens with zero attached hydrogens (tertiary/aromatic N) is 1. The van der Waals surface area contributed by atoms with Gasteiger partial charge in [-0.15, -0.1) is 0 Å². The molecule has 2 aromatic rings. The predicted octanol–water partition coefficient (Wildman–Crippen LogP) is 3.36. The average Bonchev–Trinajstić information content (AvgIpc) is 2.60. The summed E-state index contributed by atoms with van der Waals surface area (Å²) in [5.74, 6) is -0.194. The lowest BCUT2D eigenvalue weighted by atomic mass is 10.1. The van der Waals surface area contributed by atoms with Gasteiger partial charge in [0.1, 0.15) is 12.4 Å². The van der Waals surface area contributed by atoms with Crippen LogP contribution in [0, 0.1) is 0 Å². The van der Waals surface area contributed by atoms with Gasteiger partial charge in [-0.3, -0.25) is 4.79 Å². The fourth-order valence-corrected chi connectivity index (χ4v) is 2.36. The first-order chi connectivity index (χ1) is 12.7. The molecule has 0 atom stereocenters. The molecule has 3 N–H and O–H groups in total. The van der Waals surface area contributed by atoms with Crippen LogP contribution in [-0.2, 0) is 12.7 Å². The first-order valence-corrected chi connectivity index (χ1v) is 8.30. The number of para-hydroxylation sites is 1. The van der Waals surface area contributed by atoms with Gasteiger partial charge in [-0.2, -0.15) is 13.2 Å². The third-order valence-electron chi connectivity index (χ3n) is 3.74. The summed E-state index contributed by atoms with van der Waals surface area (Å²) in [4.78, 5) is 14.5. The van der Waals surface area contributed by atoms with Crippen LogP contribution >= 0.6 is 0 Å². The van der Waals surface area contributed by atoms with Crippen molar-refractivity contribution in [2.75, 3.05) is 32.6 Å². The number of amides is 1. The Bertz CT molecular complexity index is 792. The fraction of sp³-hybridized carbons (Fsp3) is 0.316. The molecule has 2 rings (SSSR count). The Kier molecular flexibility index (Phi) is 6.81. The second-order valence-electron chi connectivity index (χ2n) is 6.22. The van der Waals surface area contributed by atoms with Crippen molar-refractivity contribution in [3.63, 3.8) is 0 Å². The molecule has 0 bridgehead atoms. The molecular weight excluding hydrogens is 359 g/mol. The molecule has 0 saturated carbocycles. The van der Waals surface area contributed by atoms with Crippen LogP contribution in [0.25, 0.3) is 0 Å². The Balaban J connectivity index is 2.22. The highest BCUT2D eigenvalue weighted by atomic mass is 19.4. The maximum absolute atomic E-state index is 13.0. The Morgan fingerprint density at radius 3 is 2.52 bits per heavy atom. The minimum Gasteiger partial charge on any atom is -0.491 e. The van der Waals surface area contributed by atoms with Crippen LogP contribution in [0.3, 0.4) is 0 Å². The summed E-state index contributed by atoms with van der Waals surface area (Å²) < 4.78 is 44.7. The number of alkyl halides is 3. The van der Waals surface area contributed by atoms with E-state index in [1.807, 2.05) is 19.0 Å². The zero-order chi connectivity index (χ0) is 20.0. The van der Waals surface area contributed by atoms with E-state index >= 15 is 0 Å². The van der Waals surface area contributed by atoms with Crippen molar-refractivity contribution in [2.24, 2.45) is 5.73 Å². The van der Waals surface area contributed by atoms with E-state index in [0.717, 1.165) is 12.1 Å². The fourth-order valence-electron chi connectivity index (χ4n) is 2.36. The van der Waals surface area contributed by atoms with Gasteiger partial charge in [-0.05, 0) is 50.0 Å². The maximum atomic E-state index is 13.0. The Morgan fingerprint density at radius 1 is 1.19 bits per heavy atom. The second kappa shape index (κ2) is 8.88. The number of likely N-dealkylation sites (N-methyl/N-ethyl adjacent to an activating group) is 1. The molecule has 0 fully saturated rings. The highest BCUT2D eigenvalue weighted by molar-refractivity contribution is 6.06. The summed E-state index contributed by atoms with van der Waals surface area (Å²) in [6.07, 6.45) is -4.53. The molecule has 0 aliphatic rings. The van der Waals surface area contributed by atoms with E-state index < -0.39 is 17.6 Å². The van der Waals surface area contributed by atoms with Gasteiger partial charge in [0.15, 0.2) is 0 Å². The first kappa shape index (κ1) is 20.7. The van der Waals surface area contributed by atoms with Crippen molar-refractivity contribution in [1.29, 1.82) is 0 Å². The van der Waals surface area contributed by atoms with Gasteiger partial charge < -0.3 is 20.7 Å². The smallest absolute Gasteiger partial charge is 0.416 e. The zero-order valence-electron chi connectivity index (χ0n) is 15.1. The number of carbonyl (C=O) groups is 1. The third-order valence-corrected chi connectivity index (χ3v) is 3.74. The molecule has 0 aliphatic heterocycles. The van der Waals surface area contributed by atoms with Gasteiger partial charge in [0.2, 0.25) is 0 Å². The molecule has 0 aliphatic carbocycles. The van der Waals surface area contributed by atoms with Crippen molar-refractivity contribution >= 4 is 11.6 Å². The molecule has 146 valence electrons. The van der Waals surface area contributed by atoms with Gasteiger partial charge in [0.25, 0.3) is 5.91 Å². The van der Waals surface area contributed by atoms with Crippen LogP contribution in [0.5, 0.6) is 5.75 Å². The van der Waals surface area contributed by atoms with Crippen LogP contribution in [0.2, 0.25) is 0 Å². The summed E-state index contributed by atoms with van der Waals surface area (Å²) in [7, 11) is 3.79. The normalized spacial score (nSPS) is 11.5. The number of rotatable bonds is 7. The summed E-state index contributed by atoms with van der Waals surface area (Å²) >= 11 is 0. The van der Waals surface area contributed by atoms with Crippen LogP contribution in [0.1, 0.15) is 21.5 Å². The van der Waals surface area contributed by atoms with Crippen LogP contribution in [-0.4, -0.2) is 38.1 Å². The topological polar surface area (TPSA) is 67.6 Å². The van der Waals surface area contributed by atoms with Crippen LogP contribution in [0.15, 0.2) is 42.5 Å². The molecule has 0 heterocycles. The molecule has 8 heteroatoms. The number of ether oxygens (including phenoxy) is 1. The first-order valence-electron chi connectivity index (χ1n) is 8.30. The Morgan fingerprint density at radius 2 is 1.89 bits per heavy atom. The molecule has 5 nitrogen and oxygen atoms in total. The Hall–Kier alpha value is -2.58. The van der Waals surface area contributed by atoms with Gasteiger partial charge in [0.05, 0.1) is 11.1 Å². The SMILES string of the molecule is CN(C)CCOc1ccccc1C(=O)Nc1cc(CN)cc(C(F)(F)F)c1. The molecule has 0 unspecified atom stereocenters. The van der Waals surface area contributed by atoms with E-state index in [-0.39, 0.29) is 23.4 Å². The van der Waals surface area contributed by atoms with Crippen molar-refractivity contribution in [2.45, 2.75) is 12.7 Å². The number of halogens is 3. The van der Waals surface area contributed by atoms with Crippen molar-refractivity contribution in [3.8, 4) is 5.75 Å². The minimum absolute atomic E-state index is 0.0263. The van der Waals surface area contributed by atoms with E-state index in [4.69, 9.17) is 10.5 Å². The number of benzene rings is 2. The summed E-state index contributed by atoms with van der Waals surface area (Å²) in [5.41, 5.74) is 5.15. The van der Waals surface area contributed by atoms with Gasteiger partial charge in [0, 0.05) is 18.8 Å². The van der Waals surface area contributed by atoms with E-state index in [2.05, 4.69) is 5.32 Å². The Labute approximate surface area is 155 Å². The zero-order valence-corrected chi connectivity index (χ0v) is 15.1. The number of nitrogens with two attached hydrogens (primary N) is 1. The van der Waals surface area contributed by atoms with Crippen molar-refractivity contribution < 1.29 is 22.7 Å². The van der Waals surface area contributed by atoms with Gasteiger partial charge >= 0.3 is 6.18 Å². The molecule has 0 radical (unpaired) electrons. The molecule has 0 spiro atoms. The molecule has 27 heavy (non-hydrogen) atoms. The van der Waals surface area contributed by atoms with E-state index in [0.29, 0.717) is 18.9 Å². The van der Waals surface area contributed by atoms with Crippen LogP contribution < -0.4 is 15.8 Å². The molecule has 0 saturated heterocycles. The van der Waals surface area contributed by atoms with Crippen LogP contribution in [0.4, 0.5) is 18.9 Å². The lowest BCUT2D eigenvalue weighted by molar-refractivity contribution is -0.137. The predicted molar refractivity (Wildman–Crippen MR) is 97.8 cm³/mol. The van der Waals surface area contributed by atoms with E-state index in [9.17, 15) is 18.0 Å². The minimum atomic E-state index is -4.53. The summed E-state index contributed by atoms with van der Waals surface area (Å²) in [6, 6.07) is 9.84. The molecule has 1 amide bonds. The van der Waals surface area contributed by atoms with Crippen molar-refractivity contribution in [3.05, 3.63) is 59.2 Å². The number of anilines is 1. The average molecular weight is 381 g/mol. The van der Waals surface area contributed by atoms with Gasteiger partial charge in [-0.25, -0.2) is 0 Å².